The minimum absolute atomic E-state index is 0.386. The van der Waals surface area contributed by atoms with Gasteiger partial charge in [-0.25, -0.2) is 4.79 Å². The highest BCUT2D eigenvalue weighted by atomic mass is 32.1. The van der Waals surface area contributed by atoms with Crippen LogP contribution in [-0.2, 0) is 21.7 Å². The summed E-state index contributed by atoms with van der Waals surface area (Å²) in [6, 6.07) is 16.8. The fourth-order valence-electron chi connectivity index (χ4n) is 3.58. The second-order valence-electron chi connectivity index (χ2n) is 6.98. The van der Waals surface area contributed by atoms with Gasteiger partial charge in [0.1, 0.15) is 11.0 Å². The molecule has 0 spiro atoms. The fourth-order valence-corrected chi connectivity index (χ4v) is 4.81. The van der Waals surface area contributed by atoms with Crippen molar-refractivity contribution in [3.8, 4) is 0 Å². The normalized spacial score (nSPS) is 19.2. The van der Waals surface area contributed by atoms with Crippen LogP contribution in [0.25, 0.3) is 16.6 Å². The molecule has 29 heavy (non-hydrogen) atoms. The molecule has 2 aromatic heterocycles. The average Bonchev–Trinajstić information content (AvgIpc) is 3.43. The van der Waals surface area contributed by atoms with Crippen LogP contribution in [0.5, 0.6) is 0 Å². The number of ether oxygens (including phenoxy) is 1. The maximum atomic E-state index is 13.0. The Morgan fingerprint density at radius 2 is 1.86 bits per heavy atom. The van der Waals surface area contributed by atoms with E-state index in [1.165, 1.54) is 0 Å². The Balaban J connectivity index is 1.71. The quantitative estimate of drug-likeness (QED) is 0.494. The van der Waals surface area contributed by atoms with Crippen LogP contribution >= 0.6 is 23.1 Å². The van der Waals surface area contributed by atoms with Gasteiger partial charge in [-0.15, -0.1) is 11.3 Å². The van der Waals surface area contributed by atoms with Crippen LogP contribution in [0, 0.1) is 6.92 Å². The van der Waals surface area contributed by atoms with Crippen molar-refractivity contribution in [2.24, 2.45) is 0 Å². The third-order valence-corrected chi connectivity index (χ3v) is 6.50. The molecule has 0 bridgehead atoms. The molecule has 4 aromatic rings. The molecule has 144 valence electrons. The topological polar surface area (TPSA) is 72.3 Å². The number of hydrogen-bond acceptors (Lipinski definition) is 7. The van der Waals surface area contributed by atoms with Crippen molar-refractivity contribution in [3.63, 3.8) is 0 Å². The predicted molar refractivity (Wildman–Crippen MR) is 114 cm³/mol. The van der Waals surface area contributed by atoms with E-state index in [0.717, 1.165) is 27.7 Å². The molecular formula is C22H16N2O3S2. The van der Waals surface area contributed by atoms with Gasteiger partial charge in [0.25, 0.3) is 5.79 Å². The minimum atomic E-state index is -1.81. The summed E-state index contributed by atoms with van der Waals surface area (Å²) in [5.74, 6) is -2.35. The van der Waals surface area contributed by atoms with E-state index in [0.29, 0.717) is 34.2 Å². The molecule has 0 saturated heterocycles. The first kappa shape index (κ1) is 18.2. The van der Waals surface area contributed by atoms with Gasteiger partial charge < -0.3 is 9.84 Å². The largest absolute Gasteiger partial charge is 0.421 e. The summed E-state index contributed by atoms with van der Waals surface area (Å²) < 4.78 is 14.1. The van der Waals surface area contributed by atoms with E-state index in [4.69, 9.17) is 4.74 Å². The highest BCUT2D eigenvalue weighted by Gasteiger charge is 2.48. The van der Waals surface area contributed by atoms with Crippen LogP contribution in [0.15, 0.2) is 65.6 Å². The highest BCUT2D eigenvalue weighted by Crippen LogP contribution is 2.45. The molecule has 0 aliphatic carbocycles. The van der Waals surface area contributed by atoms with Crippen LogP contribution in [0.3, 0.4) is 0 Å². The van der Waals surface area contributed by atoms with Crippen molar-refractivity contribution >= 4 is 45.6 Å². The van der Waals surface area contributed by atoms with Gasteiger partial charge in [-0.3, -0.25) is 0 Å². The monoisotopic (exact) mass is 420 g/mol. The standard InChI is InChI=1S/C22H16N2O3S2/c1-13-4-7-15(8-5-13)22(26)17(12-16-3-2-10-28-16)20(21(25)27-22)14-6-9-18-19(11-14)24-29-23-18/h2-11,26H,12H2,1H3. The number of hydrogen-bond donors (Lipinski definition) is 1. The van der Waals surface area contributed by atoms with Gasteiger partial charge in [0.2, 0.25) is 0 Å². The van der Waals surface area contributed by atoms with Gasteiger partial charge in [0.15, 0.2) is 0 Å². The first-order chi connectivity index (χ1) is 14.0. The number of carbonyl (C=O) groups excluding carboxylic acids is 1. The lowest BCUT2D eigenvalue weighted by Gasteiger charge is -2.25. The van der Waals surface area contributed by atoms with Crippen molar-refractivity contribution in [2.45, 2.75) is 19.1 Å². The number of benzene rings is 2. The number of carbonyl (C=O) groups is 1. The number of aliphatic hydroxyl groups is 1. The lowest BCUT2D eigenvalue weighted by atomic mass is 9.89. The van der Waals surface area contributed by atoms with E-state index in [-0.39, 0.29) is 0 Å². The SMILES string of the molecule is Cc1ccc(C2(O)OC(=O)C(c3ccc4nsnc4c3)=C2Cc2cccs2)cc1. The molecule has 7 heteroatoms. The van der Waals surface area contributed by atoms with Gasteiger partial charge in [-0.05, 0) is 36.1 Å². The summed E-state index contributed by atoms with van der Waals surface area (Å²) >= 11 is 2.71. The van der Waals surface area contributed by atoms with Crippen molar-refractivity contribution in [1.29, 1.82) is 0 Å². The maximum absolute atomic E-state index is 13.0. The van der Waals surface area contributed by atoms with E-state index in [2.05, 4.69) is 8.75 Å². The van der Waals surface area contributed by atoms with Crippen LogP contribution < -0.4 is 0 Å². The number of nitrogens with zero attached hydrogens (tertiary/aromatic N) is 2. The van der Waals surface area contributed by atoms with Gasteiger partial charge in [-0.2, -0.15) is 8.75 Å². The Morgan fingerprint density at radius 3 is 2.62 bits per heavy atom. The first-order valence-electron chi connectivity index (χ1n) is 9.06. The van der Waals surface area contributed by atoms with E-state index in [9.17, 15) is 9.90 Å². The van der Waals surface area contributed by atoms with Gasteiger partial charge >= 0.3 is 5.97 Å². The minimum Gasteiger partial charge on any atom is -0.421 e. The molecule has 2 aromatic carbocycles. The van der Waals surface area contributed by atoms with Crippen molar-refractivity contribution < 1.29 is 14.6 Å². The van der Waals surface area contributed by atoms with Gasteiger partial charge in [-0.1, -0.05) is 42.0 Å². The van der Waals surface area contributed by atoms with E-state index >= 15 is 0 Å². The Kier molecular flexibility index (Phi) is 4.31. The molecule has 1 N–H and O–H groups in total. The van der Waals surface area contributed by atoms with E-state index in [1.807, 2.05) is 54.8 Å². The maximum Gasteiger partial charge on any atom is 0.342 e. The summed E-state index contributed by atoms with van der Waals surface area (Å²) in [7, 11) is 0. The van der Waals surface area contributed by atoms with Crippen LogP contribution in [0.1, 0.15) is 21.6 Å². The number of aryl methyl sites for hydroxylation is 1. The summed E-state index contributed by atoms with van der Waals surface area (Å²) in [4.78, 5) is 14.0. The zero-order valence-electron chi connectivity index (χ0n) is 15.5. The molecule has 5 nitrogen and oxygen atoms in total. The van der Waals surface area contributed by atoms with Gasteiger partial charge in [0.05, 0.1) is 17.3 Å². The molecule has 0 saturated carbocycles. The van der Waals surface area contributed by atoms with Crippen molar-refractivity contribution in [1.82, 2.24) is 8.75 Å². The second kappa shape index (κ2) is 6.88. The number of esters is 1. The lowest BCUT2D eigenvalue weighted by molar-refractivity contribution is -0.185. The Labute approximate surface area is 175 Å². The molecule has 1 aliphatic heterocycles. The highest BCUT2D eigenvalue weighted by molar-refractivity contribution is 7.09. The van der Waals surface area contributed by atoms with E-state index in [1.54, 1.807) is 23.5 Å². The smallest absolute Gasteiger partial charge is 0.342 e. The molecule has 0 fully saturated rings. The van der Waals surface area contributed by atoms with Gasteiger partial charge in [0, 0.05) is 22.4 Å². The number of aromatic nitrogens is 2. The number of fused-ring (bicyclic) bond motifs is 1. The number of rotatable bonds is 4. The zero-order valence-corrected chi connectivity index (χ0v) is 17.1. The Bertz CT molecular complexity index is 1240. The lowest BCUT2D eigenvalue weighted by Crippen LogP contribution is -2.29. The third kappa shape index (κ3) is 3.07. The summed E-state index contributed by atoms with van der Waals surface area (Å²) in [6.07, 6.45) is 0.413. The molecule has 0 radical (unpaired) electrons. The third-order valence-electron chi connectivity index (χ3n) is 5.07. The molecule has 1 unspecified atom stereocenters. The molecule has 1 aliphatic rings. The van der Waals surface area contributed by atoms with Crippen molar-refractivity contribution in [3.05, 3.63) is 87.1 Å². The van der Waals surface area contributed by atoms with Crippen LogP contribution in [0.4, 0.5) is 0 Å². The summed E-state index contributed by atoms with van der Waals surface area (Å²) in [5, 5.41) is 13.5. The molecule has 0 amide bonds. The number of thiophene rings is 1. The van der Waals surface area contributed by atoms with Crippen LogP contribution in [-0.4, -0.2) is 19.8 Å². The Hall–Kier alpha value is -2.87. The average molecular weight is 421 g/mol. The Morgan fingerprint density at radius 1 is 1.07 bits per heavy atom. The predicted octanol–water partition coefficient (Wildman–Crippen LogP) is 4.46. The molecule has 3 heterocycles. The van der Waals surface area contributed by atoms with Crippen molar-refractivity contribution in [2.75, 3.05) is 0 Å². The summed E-state index contributed by atoms with van der Waals surface area (Å²) in [5.41, 5.74) is 4.69. The molecule has 1 atom stereocenters. The van der Waals surface area contributed by atoms with Crippen LogP contribution in [0.2, 0.25) is 0 Å². The van der Waals surface area contributed by atoms with E-state index < -0.39 is 11.8 Å². The second-order valence-corrected chi connectivity index (χ2v) is 8.54. The molecular weight excluding hydrogens is 404 g/mol. The zero-order chi connectivity index (χ0) is 20.0. The number of cyclic esters (lactones) is 1. The fraction of sp³-hybridized carbons (Fsp3) is 0.136. The summed E-state index contributed by atoms with van der Waals surface area (Å²) in [6.45, 7) is 1.97. The first-order valence-corrected chi connectivity index (χ1v) is 10.7. The molecule has 5 rings (SSSR count).